The van der Waals surface area contributed by atoms with Crippen LogP contribution >= 0.6 is 0 Å². The molecule has 1 aliphatic heterocycles. The van der Waals surface area contributed by atoms with E-state index < -0.39 is 0 Å². The minimum absolute atomic E-state index is 0.171. The van der Waals surface area contributed by atoms with Gasteiger partial charge in [-0.2, -0.15) is 0 Å². The van der Waals surface area contributed by atoms with Crippen LogP contribution in [-0.4, -0.2) is 35.4 Å². The van der Waals surface area contributed by atoms with Crippen LogP contribution in [0.3, 0.4) is 0 Å². The van der Waals surface area contributed by atoms with Crippen LogP contribution in [0.2, 0.25) is 0 Å². The van der Waals surface area contributed by atoms with Gasteiger partial charge in [-0.1, -0.05) is 0 Å². The number of aromatic nitrogens is 1. The molecule has 1 atom stereocenters. The van der Waals surface area contributed by atoms with E-state index in [1.165, 1.54) is 12.3 Å². The van der Waals surface area contributed by atoms with Crippen molar-refractivity contribution < 1.29 is 4.79 Å². The number of carbonyl (C=O) groups is 1. The Kier molecular flexibility index (Phi) is 3.81. The second-order valence-electron chi connectivity index (χ2n) is 4.88. The molecular weight excluding hydrogens is 230 g/mol. The van der Waals surface area contributed by atoms with E-state index in [0.29, 0.717) is 19.0 Å². The number of aryl methyl sites for hydroxylation is 1. The Morgan fingerprint density at radius 1 is 1.61 bits per heavy atom. The molecular formula is C13H19N3O2. The molecule has 1 amide bonds. The number of nitrogens with one attached hydrogen (secondary N) is 1. The highest BCUT2D eigenvalue weighted by Gasteiger charge is 2.27. The van der Waals surface area contributed by atoms with Crippen LogP contribution in [0.5, 0.6) is 0 Å². The maximum absolute atomic E-state index is 12.2. The van der Waals surface area contributed by atoms with Crippen molar-refractivity contribution in [3.8, 4) is 0 Å². The number of aromatic amines is 1. The third-order valence-electron chi connectivity index (χ3n) is 3.44. The van der Waals surface area contributed by atoms with Gasteiger partial charge in [0.2, 0.25) is 0 Å². The van der Waals surface area contributed by atoms with Gasteiger partial charge >= 0.3 is 0 Å². The second-order valence-corrected chi connectivity index (χ2v) is 4.88. The summed E-state index contributed by atoms with van der Waals surface area (Å²) < 4.78 is 0. The average Bonchev–Trinajstić information content (AvgIpc) is 2.77. The molecule has 0 aromatic carbocycles. The molecule has 18 heavy (non-hydrogen) atoms. The van der Waals surface area contributed by atoms with Gasteiger partial charge in [0, 0.05) is 31.0 Å². The third kappa shape index (κ3) is 2.61. The number of likely N-dealkylation sites (tertiary alicyclic amines) is 1. The van der Waals surface area contributed by atoms with Crippen molar-refractivity contribution in [1.29, 1.82) is 0 Å². The number of nitrogens with two attached hydrogens (primary N) is 1. The van der Waals surface area contributed by atoms with Crippen LogP contribution in [0, 0.1) is 12.8 Å². The SMILES string of the molecule is Cc1cc(=O)c(C(=O)N2CCC(CCN)C2)c[nH]1. The Balaban J connectivity index is 2.10. The summed E-state index contributed by atoms with van der Waals surface area (Å²) in [5.74, 6) is 0.305. The topological polar surface area (TPSA) is 79.2 Å². The highest BCUT2D eigenvalue weighted by molar-refractivity contribution is 5.94. The van der Waals surface area contributed by atoms with Gasteiger partial charge in [0.15, 0.2) is 5.43 Å². The van der Waals surface area contributed by atoms with Gasteiger partial charge in [0.05, 0.1) is 0 Å². The van der Waals surface area contributed by atoms with E-state index in [4.69, 9.17) is 5.73 Å². The van der Waals surface area contributed by atoms with Crippen molar-refractivity contribution in [2.24, 2.45) is 11.7 Å². The fraction of sp³-hybridized carbons (Fsp3) is 0.538. The number of pyridine rings is 1. The minimum atomic E-state index is -0.210. The van der Waals surface area contributed by atoms with Crippen LogP contribution in [0.25, 0.3) is 0 Å². The minimum Gasteiger partial charge on any atom is -0.364 e. The van der Waals surface area contributed by atoms with Crippen LogP contribution < -0.4 is 11.2 Å². The second kappa shape index (κ2) is 5.35. The van der Waals surface area contributed by atoms with Crippen LogP contribution in [0.4, 0.5) is 0 Å². The fourth-order valence-electron chi connectivity index (χ4n) is 2.40. The lowest BCUT2D eigenvalue weighted by Crippen LogP contribution is -2.32. The van der Waals surface area contributed by atoms with Crippen LogP contribution in [0.15, 0.2) is 17.1 Å². The molecule has 0 spiro atoms. The number of amides is 1. The molecule has 5 nitrogen and oxygen atoms in total. The van der Waals surface area contributed by atoms with Crippen LogP contribution in [0.1, 0.15) is 28.9 Å². The highest BCUT2D eigenvalue weighted by atomic mass is 16.2. The number of hydrogen-bond donors (Lipinski definition) is 2. The fourth-order valence-corrected chi connectivity index (χ4v) is 2.40. The zero-order chi connectivity index (χ0) is 13.1. The Morgan fingerprint density at radius 3 is 3.06 bits per heavy atom. The molecule has 0 radical (unpaired) electrons. The molecule has 2 rings (SSSR count). The summed E-state index contributed by atoms with van der Waals surface area (Å²) in [5, 5.41) is 0. The zero-order valence-electron chi connectivity index (χ0n) is 10.6. The molecule has 3 N–H and O–H groups in total. The van der Waals surface area contributed by atoms with Gasteiger partial charge in [0.1, 0.15) is 5.56 Å². The summed E-state index contributed by atoms with van der Waals surface area (Å²) in [5.41, 5.74) is 6.31. The quantitative estimate of drug-likeness (QED) is 0.818. The van der Waals surface area contributed by atoms with Crippen LogP contribution in [-0.2, 0) is 0 Å². The average molecular weight is 249 g/mol. The maximum atomic E-state index is 12.2. The van der Waals surface area contributed by atoms with Crippen molar-refractivity contribution in [3.05, 3.63) is 33.7 Å². The molecule has 98 valence electrons. The number of rotatable bonds is 3. The predicted molar refractivity (Wildman–Crippen MR) is 69.5 cm³/mol. The molecule has 1 fully saturated rings. The Morgan fingerprint density at radius 2 is 2.39 bits per heavy atom. The van der Waals surface area contributed by atoms with Crippen molar-refractivity contribution in [1.82, 2.24) is 9.88 Å². The molecule has 5 heteroatoms. The molecule has 0 aliphatic carbocycles. The predicted octanol–water partition coefficient (Wildman–Crippen LogP) is 0.494. The molecule has 1 saturated heterocycles. The molecule has 1 aliphatic rings. The first-order valence-electron chi connectivity index (χ1n) is 6.30. The van der Waals surface area contributed by atoms with E-state index in [0.717, 1.165) is 25.1 Å². The van der Waals surface area contributed by atoms with Gasteiger partial charge in [-0.05, 0) is 32.2 Å². The molecule has 2 heterocycles. The number of nitrogens with zero attached hydrogens (tertiary/aromatic N) is 1. The van der Waals surface area contributed by atoms with Gasteiger partial charge in [0.25, 0.3) is 5.91 Å². The molecule has 1 unspecified atom stereocenters. The molecule has 0 bridgehead atoms. The van der Waals surface area contributed by atoms with Gasteiger partial charge in [-0.15, -0.1) is 0 Å². The van der Waals surface area contributed by atoms with Crippen molar-refractivity contribution >= 4 is 5.91 Å². The summed E-state index contributed by atoms with van der Waals surface area (Å²) >= 11 is 0. The largest absolute Gasteiger partial charge is 0.364 e. The highest BCUT2D eigenvalue weighted by Crippen LogP contribution is 2.20. The first-order chi connectivity index (χ1) is 8.61. The van der Waals surface area contributed by atoms with E-state index in [-0.39, 0.29) is 16.9 Å². The van der Waals surface area contributed by atoms with Gasteiger partial charge in [-0.25, -0.2) is 0 Å². The van der Waals surface area contributed by atoms with Crippen molar-refractivity contribution in [3.63, 3.8) is 0 Å². The lowest BCUT2D eigenvalue weighted by atomic mass is 10.1. The normalized spacial score (nSPS) is 19.2. The summed E-state index contributed by atoms with van der Waals surface area (Å²) in [6.45, 7) is 3.88. The van der Waals surface area contributed by atoms with E-state index in [1.54, 1.807) is 11.8 Å². The van der Waals surface area contributed by atoms with Gasteiger partial charge in [-0.3, -0.25) is 9.59 Å². The lowest BCUT2D eigenvalue weighted by molar-refractivity contribution is 0.0785. The standard InChI is InChI=1S/C13H19N3O2/c1-9-6-12(17)11(7-15-9)13(18)16-5-3-10(8-16)2-4-14/h6-7,10H,2-5,8,14H2,1H3,(H,15,17). The Bertz CT molecular complexity index is 495. The Labute approximate surface area is 106 Å². The van der Waals surface area contributed by atoms with Crippen molar-refractivity contribution in [2.75, 3.05) is 19.6 Å². The van der Waals surface area contributed by atoms with Gasteiger partial charge < -0.3 is 15.6 Å². The summed E-state index contributed by atoms with van der Waals surface area (Å²) in [7, 11) is 0. The first kappa shape index (κ1) is 12.8. The summed E-state index contributed by atoms with van der Waals surface area (Å²) in [6.07, 6.45) is 3.43. The Hall–Kier alpha value is -1.62. The molecule has 0 saturated carbocycles. The first-order valence-corrected chi connectivity index (χ1v) is 6.30. The third-order valence-corrected chi connectivity index (χ3v) is 3.44. The number of hydrogen-bond acceptors (Lipinski definition) is 3. The summed E-state index contributed by atoms with van der Waals surface area (Å²) in [6, 6.07) is 1.46. The van der Waals surface area contributed by atoms with E-state index in [2.05, 4.69) is 4.98 Å². The monoisotopic (exact) mass is 249 g/mol. The van der Waals surface area contributed by atoms with E-state index in [9.17, 15) is 9.59 Å². The summed E-state index contributed by atoms with van der Waals surface area (Å²) in [4.78, 5) is 28.6. The smallest absolute Gasteiger partial charge is 0.259 e. The maximum Gasteiger partial charge on any atom is 0.259 e. The number of carbonyl (C=O) groups excluding carboxylic acids is 1. The molecule has 1 aromatic rings. The number of H-pyrrole nitrogens is 1. The van der Waals surface area contributed by atoms with Crippen molar-refractivity contribution in [2.45, 2.75) is 19.8 Å². The van der Waals surface area contributed by atoms with E-state index in [1.807, 2.05) is 0 Å². The lowest BCUT2D eigenvalue weighted by Gasteiger charge is -2.16. The van der Waals surface area contributed by atoms with E-state index >= 15 is 0 Å². The zero-order valence-corrected chi connectivity index (χ0v) is 10.6. The molecule has 1 aromatic heterocycles.